The van der Waals surface area contributed by atoms with Gasteiger partial charge >= 0.3 is 0 Å². The first kappa shape index (κ1) is 16.3. The molecule has 1 amide bonds. The van der Waals surface area contributed by atoms with E-state index in [1.54, 1.807) is 0 Å². The van der Waals surface area contributed by atoms with Gasteiger partial charge in [0, 0.05) is 18.8 Å². The number of halogens is 1. The largest absolute Gasteiger partial charge is 0.301 e. The zero-order valence-corrected chi connectivity index (χ0v) is 13.1. The molecule has 1 heterocycles. The Hall–Kier alpha value is -0.770. The normalized spacial score (nSPS) is 13.5. The Bertz CT molecular complexity index is 543. The van der Waals surface area contributed by atoms with E-state index < -0.39 is 10.0 Å². The predicted octanol–water partition coefficient (Wildman–Crippen LogP) is 1.04. The van der Waals surface area contributed by atoms with E-state index >= 15 is 0 Å². The van der Waals surface area contributed by atoms with Gasteiger partial charge < -0.3 is 5.32 Å². The van der Waals surface area contributed by atoms with E-state index in [0.29, 0.717) is 0 Å². The molecule has 1 aromatic rings. The Kier molecular flexibility index (Phi) is 5.65. The van der Waals surface area contributed by atoms with Crippen LogP contribution in [0.15, 0.2) is 4.34 Å². The van der Waals surface area contributed by atoms with Gasteiger partial charge in [0.1, 0.15) is 0 Å². The molecule has 0 aliphatic carbocycles. The van der Waals surface area contributed by atoms with Crippen molar-refractivity contribution in [2.75, 3.05) is 11.9 Å². The third-order valence-electron chi connectivity index (χ3n) is 2.11. The minimum Gasteiger partial charge on any atom is -0.301 e. The average molecular weight is 327 g/mol. The number of sulfonamides is 1. The van der Waals surface area contributed by atoms with E-state index in [4.69, 9.17) is 11.6 Å². The number of anilines is 1. The summed E-state index contributed by atoms with van der Waals surface area (Å²) in [5.41, 5.74) is 0. The van der Waals surface area contributed by atoms with Gasteiger partial charge in [0.2, 0.25) is 15.4 Å². The first-order chi connectivity index (χ1) is 8.72. The fourth-order valence-corrected chi connectivity index (χ4v) is 3.22. The highest BCUT2D eigenvalue weighted by Gasteiger charge is 2.22. The topological polar surface area (TPSA) is 101 Å². The van der Waals surface area contributed by atoms with Crippen LogP contribution < -0.4 is 10.0 Å². The number of rotatable bonds is 6. The summed E-state index contributed by atoms with van der Waals surface area (Å²) < 4.78 is 25.9. The first-order valence-corrected chi connectivity index (χ1v) is 8.21. The monoisotopic (exact) mass is 326 g/mol. The first-order valence-electron chi connectivity index (χ1n) is 5.47. The number of hydrogen-bond acceptors (Lipinski definition) is 6. The molecule has 7 nitrogen and oxygen atoms in total. The SMILES string of the molecule is CC(=O)Nc1nnc(S(=O)(=O)NCC(Cl)C(C)C)s1. The lowest BCUT2D eigenvalue weighted by molar-refractivity contribution is -0.114. The van der Waals surface area contributed by atoms with Crippen LogP contribution in [0.4, 0.5) is 5.13 Å². The van der Waals surface area contributed by atoms with Crippen LogP contribution in [0.1, 0.15) is 20.8 Å². The predicted molar refractivity (Wildman–Crippen MR) is 73.9 cm³/mol. The smallest absolute Gasteiger partial charge is 0.269 e. The summed E-state index contributed by atoms with van der Waals surface area (Å²) in [5.74, 6) is -0.192. The molecule has 0 aliphatic rings. The molecule has 1 rings (SSSR count). The number of nitrogens with zero attached hydrogens (tertiary/aromatic N) is 2. The van der Waals surface area contributed by atoms with Gasteiger partial charge in [-0.2, -0.15) is 0 Å². The van der Waals surface area contributed by atoms with Crippen molar-refractivity contribution < 1.29 is 13.2 Å². The van der Waals surface area contributed by atoms with Gasteiger partial charge in [-0.3, -0.25) is 4.79 Å². The van der Waals surface area contributed by atoms with Crippen molar-refractivity contribution in [1.29, 1.82) is 0 Å². The van der Waals surface area contributed by atoms with Gasteiger partial charge in [0.15, 0.2) is 0 Å². The Morgan fingerprint density at radius 2 is 2.05 bits per heavy atom. The highest BCUT2D eigenvalue weighted by atomic mass is 35.5. The summed E-state index contributed by atoms with van der Waals surface area (Å²) in [6, 6.07) is 0. The maximum Gasteiger partial charge on any atom is 0.269 e. The minimum absolute atomic E-state index is 0.108. The zero-order valence-electron chi connectivity index (χ0n) is 10.7. The number of nitrogens with one attached hydrogen (secondary N) is 2. The summed E-state index contributed by atoms with van der Waals surface area (Å²) in [7, 11) is -3.74. The van der Waals surface area contributed by atoms with Gasteiger partial charge in [-0.1, -0.05) is 25.2 Å². The summed E-state index contributed by atoms with van der Waals surface area (Å²) in [6.07, 6.45) is 0. The molecule has 1 aromatic heterocycles. The molecule has 0 saturated carbocycles. The molecule has 0 aliphatic heterocycles. The molecule has 1 unspecified atom stereocenters. The lowest BCUT2D eigenvalue weighted by Crippen LogP contribution is -2.32. The third kappa shape index (κ3) is 5.01. The molecule has 108 valence electrons. The van der Waals surface area contributed by atoms with Crippen LogP contribution in [0.2, 0.25) is 0 Å². The molecule has 1 atom stereocenters. The van der Waals surface area contributed by atoms with Crippen molar-refractivity contribution >= 4 is 44.0 Å². The molecule has 19 heavy (non-hydrogen) atoms. The second kappa shape index (κ2) is 6.60. The quantitative estimate of drug-likeness (QED) is 0.601. The summed E-state index contributed by atoms with van der Waals surface area (Å²) in [4.78, 5) is 10.8. The van der Waals surface area contributed by atoms with E-state index in [9.17, 15) is 13.2 Å². The number of carbonyl (C=O) groups excluding carboxylic acids is 1. The Labute approximate surface area is 120 Å². The molecule has 0 saturated heterocycles. The van der Waals surface area contributed by atoms with Crippen molar-refractivity contribution in [2.24, 2.45) is 5.92 Å². The molecule has 0 spiro atoms. The van der Waals surface area contributed by atoms with Crippen LogP contribution in [0.5, 0.6) is 0 Å². The molecule has 2 N–H and O–H groups in total. The highest BCUT2D eigenvalue weighted by molar-refractivity contribution is 7.91. The van der Waals surface area contributed by atoms with Gasteiger partial charge in [-0.15, -0.1) is 21.8 Å². The molecule has 0 bridgehead atoms. The highest BCUT2D eigenvalue weighted by Crippen LogP contribution is 2.20. The van der Waals surface area contributed by atoms with E-state index in [2.05, 4.69) is 20.2 Å². The van der Waals surface area contributed by atoms with E-state index in [0.717, 1.165) is 11.3 Å². The van der Waals surface area contributed by atoms with Crippen molar-refractivity contribution in [3.8, 4) is 0 Å². The lowest BCUT2D eigenvalue weighted by Gasteiger charge is -2.13. The average Bonchev–Trinajstić information content (AvgIpc) is 2.74. The Balaban J connectivity index is 2.72. The lowest BCUT2D eigenvalue weighted by atomic mass is 10.1. The number of hydrogen-bond donors (Lipinski definition) is 2. The van der Waals surface area contributed by atoms with Crippen molar-refractivity contribution in [2.45, 2.75) is 30.5 Å². The van der Waals surface area contributed by atoms with Gasteiger partial charge in [-0.25, -0.2) is 13.1 Å². The Morgan fingerprint density at radius 3 is 2.58 bits per heavy atom. The van der Waals surface area contributed by atoms with Crippen LogP contribution in [-0.4, -0.2) is 36.4 Å². The number of aromatic nitrogens is 2. The second-order valence-corrected chi connectivity index (χ2v) is 7.64. The van der Waals surface area contributed by atoms with E-state index in [1.165, 1.54) is 6.92 Å². The fraction of sp³-hybridized carbons (Fsp3) is 0.667. The van der Waals surface area contributed by atoms with Crippen LogP contribution >= 0.6 is 22.9 Å². The fourth-order valence-electron chi connectivity index (χ4n) is 1.01. The maximum absolute atomic E-state index is 11.9. The summed E-state index contributed by atoms with van der Waals surface area (Å²) in [6.45, 7) is 5.20. The van der Waals surface area contributed by atoms with Crippen molar-refractivity contribution in [1.82, 2.24) is 14.9 Å². The van der Waals surface area contributed by atoms with Gasteiger partial charge in [0.05, 0.1) is 0 Å². The zero-order chi connectivity index (χ0) is 14.6. The second-order valence-electron chi connectivity index (χ2n) is 4.17. The molecule has 0 fully saturated rings. The number of carbonyl (C=O) groups is 1. The molecule has 0 aromatic carbocycles. The summed E-state index contributed by atoms with van der Waals surface area (Å²) in [5, 5.41) is 9.29. The van der Waals surface area contributed by atoms with E-state index in [-0.39, 0.29) is 33.2 Å². The van der Waals surface area contributed by atoms with Crippen LogP contribution in [0.25, 0.3) is 0 Å². The van der Waals surface area contributed by atoms with Crippen LogP contribution in [-0.2, 0) is 14.8 Å². The van der Waals surface area contributed by atoms with Crippen molar-refractivity contribution in [3.63, 3.8) is 0 Å². The maximum atomic E-state index is 11.9. The third-order valence-corrected chi connectivity index (χ3v) is 5.40. The Morgan fingerprint density at radius 1 is 1.42 bits per heavy atom. The molecule has 10 heteroatoms. The van der Waals surface area contributed by atoms with Crippen LogP contribution in [0, 0.1) is 5.92 Å². The van der Waals surface area contributed by atoms with Crippen molar-refractivity contribution in [3.05, 3.63) is 0 Å². The van der Waals surface area contributed by atoms with Crippen LogP contribution in [0.3, 0.4) is 0 Å². The molecule has 0 radical (unpaired) electrons. The summed E-state index contributed by atoms with van der Waals surface area (Å²) >= 11 is 6.75. The standard InChI is InChI=1S/C9H15ClN4O3S2/c1-5(2)7(10)4-11-19(16,17)9-14-13-8(18-9)12-6(3)15/h5,7,11H,4H2,1-3H3,(H,12,13,15). The molecular weight excluding hydrogens is 312 g/mol. The number of amides is 1. The van der Waals surface area contributed by atoms with Gasteiger partial charge in [-0.05, 0) is 5.92 Å². The molecular formula is C9H15ClN4O3S2. The van der Waals surface area contributed by atoms with Gasteiger partial charge in [0.25, 0.3) is 10.0 Å². The number of alkyl halides is 1. The van der Waals surface area contributed by atoms with E-state index in [1.807, 2.05) is 13.8 Å². The minimum atomic E-state index is -3.74.